The second-order valence-corrected chi connectivity index (χ2v) is 14.7. The number of furan rings is 1. The Balaban J connectivity index is 1.12. The van der Waals surface area contributed by atoms with E-state index in [0.29, 0.717) is 40.5 Å². The van der Waals surface area contributed by atoms with Gasteiger partial charge in [0.1, 0.15) is 11.2 Å². The number of fused-ring (bicyclic) bond motifs is 3. The number of hydrogen-bond acceptors (Lipinski definition) is 7. The lowest BCUT2D eigenvalue weighted by Crippen LogP contribution is -2.01. The molecule has 3 aromatic heterocycles. The van der Waals surface area contributed by atoms with Crippen LogP contribution in [0.1, 0.15) is 0 Å². The highest BCUT2D eigenvalue weighted by Gasteiger charge is 2.21. The lowest BCUT2D eigenvalue weighted by molar-refractivity contribution is 0.669. The molecule has 0 spiro atoms. The van der Waals surface area contributed by atoms with E-state index in [1.165, 1.54) is 0 Å². The van der Waals surface area contributed by atoms with Gasteiger partial charge in [0.05, 0.1) is 5.56 Å². The molecule has 3 heterocycles. The van der Waals surface area contributed by atoms with Crippen LogP contribution in [0.25, 0.3) is 113 Å². The van der Waals surface area contributed by atoms with E-state index in [4.69, 9.17) is 34.3 Å². The Morgan fingerprint density at radius 2 is 0.639 bits per heavy atom. The summed E-state index contributed by atoms with van der Waals surface area (Å²) < 4.78 is 6.86. The molecule has 0 aliphatic rings. The van der Waals surface area contributed by atoms with Crippen LogP contribution >= 0.6 is 0 Å². The number of nitrogens with zero attached hydrogens (tertiary/aromatic N) is 6. The maximum atomic E-state index is 6.86. The summed E-state index contributed by atoms with van der Waals surface area (Å²) in [6, 6.07) is 69.5. The maximum absolute atomic E-state index is 6.86. The molecule has 7 heteroatoms. The molecular weight excluding hydrogens is 749 g/mol. The van der Waals surface area contributed by atoms with Crippen molar-refractivity contribution in [2.75, 3.05) is 0 Å². The van der Waals surface area contributed by atoms with Crippen LogP contribution in [0.3, 0.4) is 0 Å². The fourth-order valence-corrected chi connectivity index (χ4v) is 7.73. The molecular formula is C54H34N6O. The van der Waals surface area contributed by atoms with Crippen LogP contribution in [-0.4, -0.2) is 29.9 Å². The molecule has 61 heavy (non-hydrogen) atoms. The van der Waals surface area contributed by atoms with Crippen LogP contribution < -0.4 is 0 Å². The van der Waals surface area contributed by atoms with Crippen molar-refractivity contribution in [3.05, 3.63) is 206 Å². The third-order valence-corrected chi connectivity index (χ3v) is 10.8. The first-order valence-electron chi connectivity index (χ1n) is 20.1. The summed E-state index contributed by atoms with van der Waals surface area (Å²) in [4.78, 5) is 30.3. The predicted molar refractivity (Wildman–Crippen MR) is 244 cm³/mol. The Bertz CT molecular complexity index is 3220. The summed E-state index contributed by atoms with van der Waals surface area (Å²) >= 11 is 0. The highest BCUT2D eigenvalue weighted by Crippen LogP contribution is 2.41. The quantitative estimate of drug-likeness (QED) is 0.152. The van der Waals surface area contributed by atoms with E-state index in [-0.39, 0.29) is 0 Å². The SMILES string of the molecule is c1ccc(-c2ccc3c(c2)oc2c(-c4nc(-c5ccccc5)nc(-c5ccccc5)n4)cc(-c4cccc(-c5nc(-c6ccccc6)nc(-c6ccccc6)n5)c4)cc23)cc1. The zero-order chi connectivity index (χ0) is 40.5. The predicted octanol–water partition coefficient (Wildman–Crippen LogP) is 13.3. The van der Waals surface area contributed by atoms with Gasteiger partial charge >= 0.3 is 0 Å². The molecule has 0 saturated heterocycles. The molecule has 8 aromatic carbocycles. The normalized spacial score (nSPS) is 11.3. The van der Waals surface area contributed by atoms with Gasteiger partial charge in [-0.3, -0.25) is 0 Å². The van der Waals surface area contributed by atoms with Crippen LogP contribution in [0.5, 0.6) is 0 Å². The average molecular weight is 783 g/mol. The Labute approximate surface area is 351 Å². The van der Waals surface area contributed by atoms with Gasteiger partial charge in [-0.2, -0.15) is 0 Å². The van der Waals surface area contributed by atoms with Crippen LogP contribution in [0, 0.1) is 0 Å². The first kappa shape index (κ1) is 35.7. The van der Waals surface area contributed by atoms with Gasteiger partial charge in [0, 0.05) is 38.6 Å². The van der Waals surface area contributed by atoms with E-state index in [9.17, 15) is 0 Å². The summed E-state index contributed by atoms with van der Waals surface area (Å²) in [5, 5.41) is 1.94. The first-order chi connectivity index (χ1) is 30.2. The molecule has 11 rings (SSSR count). The molecule has 0 amide bonds. The Morgan fingerprint density at radius 1 is 0.246 bits per heavy atom. The second kappa shape index (κ2) is 15.4. The van der Waals surface area contributed by atoms with E-state index in [1.54, 1.807) is 0 Å². The number of aromatic nitrogens is 6. The van der Waals surface area contributed by atoms with Gasteiger partial charge in [-0.25, -0.2) is 29.9 Å². The second-order valence-electron chi connectivity index (χ2n) is 14.7. The summed E-state index contributed by atoms with van der Waals surface area (Å²) in [7, 11) is 0. The minimum absolute atomic E-state index is 0.510. The van der Waals surface area contributed by atoms with Gasteiger partial charge in [0.15, 0.2) is 34.9 Å². The van der Waals surface area contributed by atoms with Crippen molar-refractivity contribution in [2.24, 2.45) is 0 Å². The Hall–Kier alpha value is -8.42. The zero-order valence-corrected chi connectivity index (χ0v) is 32.7. The molecule has 11 aromatic rings. The van der Waals surface area contributed by atoms with Gasteiger partial charge in [0.25, 0.3) is 0 Å². The zero-order valence-electron chi connectivity index (χ0n) is 32.7. The highest BCUT2D eigenvalue weighted by atomic mass is 16.3. The van der Waals surface area contributed by atoms with Gasteiger partial charge in [-0.05, 0) is 52.6 Å². The molecule has 0 aliphatic heterocycles. The topological polar surface area (TPSA) is 90.5 Å². The molecule has 0 fully saturated rings. The van der Waals surface area contributed by atoms with Crippen molar-refractivity contribution >= 4 is 21.9 Å². The summed E-state index contributed by atoms with van der Waals surface area (Å²) in [6.45, 7) is 0. The molecule has 0 saturated carbocycles. The van der Waals surface area contributed by atoms with Gasteiger partial charge < -0.3 is 4.42 Å². The summed E-state index contributed by atoms with van der Waals surface area (Å²) in [6.07, 6.45) is 0. The van der Waals surface area contributed by atoms with Gasteiger partial charge in [0.2, 0.25) is 0 Å². The van der Waals surface area contributed by atoms with E-state index in [2.05, 4.69) is 54.6 Å². The highest BCUT2D eigenvalue weighted by molar-refractivity contribution is 6.11. The van der Waals surface area contributed by atoms with Crippen LogP contribution in [0.2, 0.25) is 0 Å². The van der Waals surface area contributed by atoms with Crippen LogP contribution in [-0.2, 0) is 0 Å². The van der Waals surface area contributed by atoms with E-state index in [1.807, 2.05) is 152 Å². The van der Waals surface area contributed by atoms with E-state index >= 15 is 0 Å². The third kappa shape index (κ3) is 7.00. The smallest absolute Gasteiger partial charge is 0.167 e. The van der Waals surface area contributed by atoms with Crippen molar-refractivity contribution in [2.45, 2.75) is 0 Å². The number of rotatable bonds is 8. The molecule has 0 atom stereocenters. The van der Waals surface area contributed by atoms with E-state index in [0.717, 1.165) is 72.0 Å². The van der Waals surface area contributed by atoms with Crippen LogP contribution in [0.4, 0.5) is 0 Å². The lowest BCUT2D eigenvalue weighted by Gasteiger charge is -2.12. The van der Waals surface area contributed by atoms with Crippen LogP contribution in [0.15, 0.2) is 211 Å². The average Bonchev–Trinajstić information content (AvgIpc) is 3.73. The fourth-order valence-electron chi connectivity index (χ4n) is 7.73. The van der Waals surface area contributed by atoms with Crippen molar-refractivity contribution in [3.63, 3.8) is 0 Å². The maximum Gasteiger partial charge on any atom is 0.167 e. The van der Waals surface area contributed by atoms with Crippen molar-refractivity contribution in [3.8, 4) is 90.6 Å². The minimum Gasteiger partial charge on any atom is -0.455 e. The fraction of sp³-hybridized carbons (Fsp3) is 0. The number of hydrogen-bond donors (Lipinski definition) is 0. The summed E-state index contributed by atoms with van der Waals surface area (Å²) in [5.74, 6) is 3.45. The summed E-state index contributed by atoms with van der Waals surface area (Å²) in [5.41, 5.74) is 10.8. The third-order valence-electron chi connectivity index (χ3n) is 10.8. The molecule has 0 radical (unpaired) electrons. The monoisotopic (exact) mass is 782 g/mol. The standard InChI is InChI=1S/C54H34N6O/c1-6-17-35(18-7-1)41-29-30-44-45-32-43(40-27-16-28-42(31-40)53-57-49(36-19-8-2-9-20-36)55-50(58-53)37-21-10-3-11-22-37)33-46(48(45)61-47(44)34-41)54-59-51(38-23-12-4-13-24-38)56-52(60-54)39-25-14-5-15-26-39/h1-34H. The lowest BCUT2D eigenvalue weighted by atomic mass is 9.97. The molecule has 0 aliphatic carbocycles. The van der Waals surface area contributed by atoms with Crippen molar-refractivity contribution in [1.29, 1.82) is 0 Å². The van der Waals surface area contributed by atoms with E-state index < -0.39 is 0 Å². The molecule has 7 nitrogen and oxygen atoms in total. The van der Waals surface area contributed by atoms with Crippen molar-refractivity contribution in [1.82, 2.24) is 29.9 Å². The van der Waals surface area contributed by atoms with Gasteiger partial charge in [-0.15, -0.1) is 0 Å². The van der Waals surface area contributed by atoms with Gasteiger partial charge in [-0.1, -0.05) is 176 Å². The number of benzene rings is 8. The van der Waals surface area contributed by atoms with Crippen molar-refractivity contribution < 1.29 is 4.42 Å². The minimum atomic E-state index is 0.510. The molecule has 286 valence electrons. The Kier molecular flexibility index (Phi) is 9.02. The molecule has 0 N–H and O–H groups in total. The molecule has 0 unspecified atom stereocenters. The molecule has 0 bridgehead atoms. The first-order valence-corrected chi connectivity index (χ1v) is 20.1. The largest absolute Gasteiger partial charge is 0.455 e. The Morgan fingerprint density at radius 3 is 1.13 bits per heavy atom.